The minimum atomic E-state index is -0.655. The van der Waals surface area contributed by atoms with Crippen molar-refractivity contribution in [2.24, 2.45) is 0 Å². The van der Waals surface area contributed by atoms with Gasteiger partial charge < -0.3 is 18.9 Å². The summed E-state index contributed by atoms with van der Waals surface area (Å²) in [6.07, 6.45) is 4.16. The summed E-state index contributed by atoms with van der Waals surface area (Å²) in [6, 6.07) is 0. The van der Waals surface area contributed by atoms with Gasteiger partial charge in [-0.2, -0.15) is 0 Å². The summed E-state index contributed by atoms with van der Waals surface area (Å²) in [5.74, 6) is 0. The molecular formula is C18H30N4O8. The molecule has 12 nitrogen and oxygen atoms in total. The van der Waals surface area contributed by atoms with Gasteiger partial charge in [-0.05, 0) is 25.7 Å². The molecule has 0 atom stereocenters. The third-order valence-electron chi connectivity index (χ3n) is 3.64. The summed E-state index contributed by atoms with van der Waals surface area (Å²) >= 11 is 0. The lowest BCUT2D eigenvalue weighted by molar-refractivity contribution is 0.171. The maximum Gasteiger partial charge on any atom is 0.411 e. The molecule has 0 aliphatic rings. The van der Waals surface area contributed by atoms with Gasteiger partial charge >= 0.3 is 24.4 Å². The average molecular weight is 430 g/mol. The van der Waals surface area contributed by atoms with Crippen molar-refractivity contribution in [1.29, 1.82) is 0 Å². The lowest BCUT2D eigenvalue weighted by Gasteiger charge is -2.11. The number of hydrogen-bond donors (Lipinski definition) is 4. The molecule has 170 valence electrons. The van der Waals surface area contributed by atoms with E-state index in [1.165, 1.54) is 40.8 Å². The Morgan fingerprint density at radius 1 is 0.567 bits per heavy atom. The monoisotopic (exact) mass is 430 g/mol. The normalized spacial score (nSPS) is 11.1. The molecule has 30 heavy (non-hydrogen) atoms. The van der Waals surface area contributed by atoms with Crippen LogP contribution in [0.5, 0.6) is 0 Å². The Bertz CT molecular complexity index is 580. The van der Waals surface area contributed by atoms with Crippen molar-refractivity contribution in [2.45, 2.75) is 38.5 Å². The lowest BCUT2D eigenvalue weighted by Crippen LogP contribution is -2.26. The zero-order valence-corrected chi connectivity index (χ0v) is 17.7. The first-order chi connectivity index (χ1) is 14.4. The standard InChI is InChI=1S/C18H30N4O8/c1-27-15(23)19-11-13(21-17(25)29-3)9-7-5-6-8-10-14(22-18(26)30-4)12-20-16(24)28-2/h11-12H,5-10H2,1-4H3,(H,19,23)(H,20,24)(H,21,25)(H,22,26)/b13-11-,14-12-. The molecule has 0 aromatic carbocycles. The zero-order valence-electron chi connectivity index (χ0n) is 17.7. The molecule has 0 saturated carbocycles. The van der Waals surface area contributed by atoms with Crippen LogP contribution >= 0.6 is 0 Å². The molecule has 0 heterocycles. The van der Waals surface area contributed by atoms with Crippen LogP contribution in [0.4, 0.5) is 19.2 Å². The maximum absolute atomic E-state index is 11.4. The van der Waals surface area contributed by atoms with E-state index in [9.17, 15) is 19.2 Å². The van der Waals surface area contributed by atoms with Crippen LogP contribution in [-0.2, 0) is 18.9 Å². The van der Waals surface area contributed by atoms with Gasteiger partial charge in [0.2, 0.25) is 0 Å². The van der Waals surface area contributed by atoms with Crippen LogP contribution in [0, 0.1) is 0 Å². The van der Waals surface area contributed by atoms with Gasteiger partial charge in [-0.1, -0.05) is 12.8 Å². The highest BCUT2D eigenvalue weighted by Crippen LogP contribution is 2.12. The number of carbonyl (C=O) groups is 4. The predicted molar refractivity (Wildman–Crippen MR) is 106 cm³/mol. The van der Waals surface area contributed by atoms with Gasteiger partial charge in [-0.15, -0.1) is 0 Å². The average Bonchev–Trinajstić information content (AvgIpc) is 2.76. The van der Waals surface area contributed by atoms with Crippen LogP contribution in [0.25, 0.3) is 0 Å². The Morgan fingerprint density at radius 2 is 0.900 bits per heavy atom. The van der Waals surface area contributed by atoms with Crippen molar-refractivity contribution in [3.8, 4) is 0 Å². The van der Waals surface area contributed by atoms with E-state index >= 15 is 0 Å². The number of ether oxygens (including phenoxy) is 4. The minimum Gasteiger partial charge on any atom is -0.453 e. The highest BCUT2D eigenvalue weighted by molar-refractivity contribution is 5.71. The van der Waals surface area contributed by atoms with E-state index in [1.807, 2.05) is 0 Å². The summed E-state index contributed by atoms with van der Waals surface area (Å²) < 4.78 is 18.0. The maximum atomic E-state index is 11.4. The summed E-state index contributed by atoms with van der Waals surface area (Å²) in [5.41, 5.74) is 0.949. The van der Waals surface area contributed by atoms with Gasteiger partial charge in [-0.3, -0.25) is 21.3 Å². The largest absolute Gasteiger partial charge is 0.453 e. The molecule has 0 aromatic rings. The van der Waals surface area contributed by atoms with Crippen LogP contribution in [0.15, 0.2) is 23.8 Å². The Morgan fingerprint density at radius 3 is 1.20 bits per heavy atom. The molecule has 0 radical (unpaired) electrons. The summed E-state index contributed by atoms with van der Waals surface area (Å²) in [4.78, 5) is 45.1. The summed E-state index contributed by atoms with van der Waals surface area (Å²) in [6.45, 7) is 0. The Kier molecular flexibility index (Phi) is 14.6. The first kappa shape index (κ1) is 26.6. The Hall–Kier alpha value is -3.44. The molecule has 0 rings (SSSR count). The van der Waals surface area contributed by atoms with Crippen molar-refractivity contribution in [1.82, 2.24) is 21.3 Å². The van der Waals surface area contributed by atoms with Crippen molar-refractivity contribution in [3.05, 3.63) is 23.8 Å². The van der Waals surface area contributed by atoms with Crippen LogP contribution < -0.4 is 21.3 Å². The van der Waals surface area contributed by atoms with Crippen molar-refractivity contribution >= 4 is 24.4 Å². The third kappa shape index (κ3) is 13.7. The fourth-order valence-corrected chi connectivity index (χ4v) is 2.10. The number of hydrogen-bond acceptors (Lipinski definition) is 8. The first-order valence-corrected chi connectivity index (χ1v) is 9.13. The SMILES string of the molecule is COC(=O)N/C=C(/CCCCCC/C(=C/NC(=O)OC)NC(=O)OC)NC(=O)OC. The number of nitrogens with one attached hydrogen (secondary N) is 4. The quantitative estimate of drug-likeness (QED) is 0.288. The summed E-state index contributed by atoms with van der Waals surface area (Å²) in [7, 11) is 4.94. The lowest BCUT2D eigenvalue weighted by atomic mass is 10.1. The molecule has 0 spiro atoms. The van der Waals surface area contributed by atoms with E-state index in [0.717, 1.165) is 25.7 Å². The molecule has 12 heteroatoms. The smallest absolute Gasteiger partial charge is 0.411 e. The van der Waals surface area contributed by atoms with E-state index < -0.39 is 24.4 Å². The van der Waals surface area contributed by atoms with Crippen molar-refractivity contribution < 1.29 is 38.1 Å². The van der Waals surface area contributed by atoms with Crippen molar-refractivity contribution in [2.75, 3.05) is 28.4 Å². The number of carbonyl (C=O) groups excluding carboxylic acids is 4. The van der Waals surface area contributed by atoms with E-state index in [0.29, 0.717) is 24.2 Å². The number of methoxy groups -OCH3 is 4. The second kappa shape index (κ2) is 16.5. The van der Waals surface area contributed by atoms with E-state index in [1.54, 1.807) is 0 Å². The molecule has 0 unspecified atom stereocenters. The van der Waals surface area contributed by atoms with Gasteiger partial charge in [0.25, 0.3) is 0 Å². The molecular weight excluding hydrogens is 400 g/mol. The molecule has 0 aliphatic carbocycles. The van der Waals surface area contributed by atoms with Gasteiger partial charge in [0.15, 0.2) is 0 Å². The van der Waals surface area contributed by atoms with E-state index in [4.69, 9.17) is 0 Å². The number of amides is 4. The molecule has 0 bridgehead atoms. The van der Waals surface area contributed by atoms with Crippen LogP contribution in [-0.4, -0.2) is 52.8 Å². The highest BCUT2D eigenvalue weighted by Gasteiger charge is 2.07. The second-order valence-electron chi connectivity index (χ2n) is 5.76. The molecule has 4 N–H and O–H groups in total. The van der Waals surface area contributed by atoms with Crippen LogP contribution in [0.1, 0.15) is 38.5 Å². The Labute approximate surface area is 175 Å². The topological polar surface area (TPSA) is 153 Å². The number of unbranched alkanes of at least 4 members (excludes halogenated alkanes) is 3. The van der Waals surface area contributed by atoms with Crippen molar-refractivity contribution in [3.63, 3.8) is 0 Å². The summed E-state index contributed by atoms with van der Waals surface area (Å²) in [5, 5.41) is 9.81. The third-order valence-corrected chi connectivity index (χ3v) is 3.64. The minimum absolute atomic E-state index is 0.475. The number of alkyl carbamates (subject to hydrolysis) is 4. The van der Waals surface area contributed by atoms with Gasteiger partial charge in [0.05, 0.1) is 28.4 Å². The molecule has 0 aromatic heterocycles. The van der Waals surface area contributed by atoms with Gasteiger partial charge in [-0.25, -0.2) is 19.2 Å². The first-order valence-electron chi connectivity index (χ1n) is 9.13. The molecule has 4 amide bonds. The molecule has 0 fully saturated rings. The number of allylic oxidation sites excluding steroid dienone is 2. The molecule has 0 aliphatic heterocycles. The predicted octanol–water partition coefficient (Wildman–Crippen LogP) is 2.43. The van der Waals surface area contributed by atoms with Gasteiger partial charge in [0.1, 0.15) is 0 Å². The number of rotatable bonds is 11. The van der Waals surface area contributed by atoms with Crippen LogP contribution in [0.3, 0.4) is 0 Å². The Balaban J connectivity index is 4.47. The molecule has 0 saturated heterocycles. The fraction of sp³-hybridized carbons (Fsp3) is 0.556. The van der Waals surface area contributed by atoms with E-state index in [2.05, 4.69) is 40.2 Å². The van der Waals surface area contributed by atoms with Gasteiger partial charge in [0, 0.05) is 23.8 Å². The highest BCUT2D eigenvalue weighted by atomic mass is 16.5. The zero-order chi connectivity index (χ0) is 22.8. The van der Waals surface area contributed by atoms with E-state index in [-0.39, 0.29) is 0 Å². The fourth-order valence-electron chi connectivity index (χ4n) is 2.10. The van der Waals surface area contributed by atoms with Crippen LogP contribution in [0.2, 0.25) is 0 Å². The second-order valence-corrected chi connectivity index (χ2v) is 5.76.